The third-order valence-electron chi connectivity index (χ3n) is 3.57. The zero-order chi connectivity index (χ0) is 16.1. The van der Waals surface area contributed by atoms with Crippen molar-refractivity contribution < 1.29 is 4.79 Å². The molecule has 3 rings (SSSR count). The van der Waals surface area contributed by atoms with Crippen LogP contribution in [0.5, 0.6) is 0 Å². The standard InChI is InChI=1S/C18H16IN3O/c19-17-9-4-3-8-16(17)18(23)20-12-14-6-1-2-7-15(14)13-22-11-5-10-21-22/h1-11H,12-13H2,(H,20,23). The predicted molar refractivity (Wildman–Crippen MR) is 98.1 cm³/mol. The Labute approximate surface area is 148 Å². The fourth-order valence-corrected chi connectivity index (χ4v) is 3.00. The molecule has 0 fully saturated rings. The third kappa shape index (κ3) is 3.98. The van der Waals surface area contributed by atoms with Gasteiger partial charge in [-0.15, -0.1) is 0 Å². The predicted octanol–water partition coefficient (Wildman–Crippen LogP) is 3.47. The topological polar surface area (TPSA) is 46.9 Å². The lowest BCUT2D eigenvalue weighted by Gasteiger charge is -2.11. The Kier molecular flexibility index (Phi) is 5.07. The van der Waals surface area contributed by atoms with E-state index >= 15 is 0 Å². The fourth-order valence-electron chi connectivity index (χ4n) is 2.37. The Balaban J connectivity index is 1.71. The molecule has 0 aliphatic rings. The van der Waals surface area contributed by atoms with Gasteiger partial charge in [0.15, 0.2) is 0 Å². The molecule has 0 spiro atoms. The molecule has 23 heavy (non-hydrogen) atoms. The highest BCUT2D eigenvalue weighted by atomic mass is 127. The van der Waals surface area contributed by atoms with Gasteiger partial charge in [0.2, 0.25) is 0 Å². The summed E-state index contributed by atoms with van der Waals surface area (Å²) in [6, 6.07) is 17.6. The lowest BCUT2D eigenvalue weighted by Crippen LogP contribution is -2.24. The molecule has 2 aromatic carbocycles. The molecule has 0 unspecified atom stereocenters. The lowest BCUT2D eigenvalue weighted by molar-refractivity contribution is 0.0950. The number of halogens is 1. The number of benzene rings is 2. The molecule has 1 heterocycles. The van der Waals surface area contributed by atoms with Crippen molar-refractivity contribution in [3.8, 4) is 0 Å². The van der Waals surface area contributed by atoms with Gasteiger partial charge < -0.3 is 5.32 Å². The molecule has 1 amide bonds. The number of aromatic nitrogens is 2. The molecule has 0 atom stereocenters. The molecule has 0 saturated carbocycles. The van der Waals surface area contributed by atoms with Crippen LogP contribution in [0.25, 0.3) is 0 Å². The maximum absolute atomic E-state index is 12.3. The van der Waals surface area contributed by atoms with Crippen LogP contribution in [-0.2, 0) is 13.1 Å². The summed E-state index contributed by atoms with van der Waals surface area (Å²) in [5.41, 5.74) is 2.96. The van der Waals surface area contributed by atoms with E-state index in [9.17, 15) is 4.79 Å². The van der Waals surface area contributed by atoms with E-state index < -0.39 is 0 Å². The monoisotopic (exact) mass is 417 g/mol. The van der Waals surface area contributed by atoms with E-state index in [1.165, 1.54) is 0 Å². The quantitative estimate of drug-likeness (QED) is 0.647. The Hall–Kier alpha value is -2.15. The second kappa shape index (κ2) is 7.41. The first-order valence-corrected chi connectivity index (χ1v) is 8.39. The van der Waals surface area contributed by atoms with Gasteiger partial charge in [0.1, 0.15) is 0 Å². The number of nitrogens with one attached hydrogen (secondary N) is 1. The zero-order valence-corrected chi connectivity index (χ0v) is 14.6. The van der Waals surface area contributed by atoms with Gasteiger partial charge in [-0.3, -0.25) is 9.48 Å². The maximum Gasteiger partial charge on any atom is 0.252 e. The van der Waals surface area contributed by atoms with Gasteiger partial charge in [-0.1, -0.05) is 36.4 Å². The number of hydrogen-bond donors (Lipinski definition) is 1. The van der Waals surface area contributed by atoms with Gasteiger partial charge in [0, 0.05) is 22.5 Å². The molecule has 3 aromatic rings. The second-order valence-electron chi connectivity index (χ2n) is 5.13. The first-order chi connectivity index (χ1) is 11.2. The van der Waals surface area contributed by atoms with Crippen LogP contribution in [0, 0.1) is 3.57 Å². The molecule has 4 nitrogen and oxygen atoms in total. The number of carbonyl (C=O) groups excluding carboxylic acids is 1. The van der Waals surface area contributed by atoms with Crippen LogP contribution in [0.1, 0.15) is 21.5 Å². The van der Waals surface area contributed by atoms with Gasteiger partial charge in [-0.05, 0) is 51.9 Å². The lowest BCUT2D eigenvalue weighted by atomic mass is 10.1. The van der Waals surface area contributed by atoms with Crippen molar-refractivity contribution in [2.24, 2.45) is 0 Å². The van der Waals surface area contributed by atoms with Crippen LogP contribution in [-0.4, -0.2) is 15.7 Å². The number of rotatable bonds is 5. The summed E-state index contributed by atoms with van der Waals surface area (Å²) in [5, 5.41) is 7.24. The number of carbonyl (C=O) groups is 1. The van der Waals surface area contributed by atoms with Crippen molar-refractivity contribution >= 4 is 28.5 Å². The summed E-state index contributed by atoms with van der Waals surface area (Å²) in [7, 11) is 0. The van der Waals surface area contributed by atoms with Crippen LogP contribution in [0.3, 0.4) is 0 Å². The van der Waals surface area contributed by atoms with Gasteiger partial charge in [-0.25, -0.2) is 0 Å². The van der Waals surface area contributed by atoms with Crippen molar-refractivity contribution in [2.75, 3.05) is 0 Å². The summed E-state index contributed by atoms with van der Waals surface area (Å²) < 4.78 is 2.83. The van der Waals surface area contributed by atoms with Crippen molar-refractivity contribution in [3.63, 3.8) is 0 Å². The van der Waals surface area contributed by atoms with E-state index in [4.69, 9.17) is 0 Å². The Morgan fingerprint density at radius 2 is 1.78 bits per heavy atom. The van der Waals surface area contributed by atoms with Crippen molar-refractivity contribution in [1.29, 1.82) is 0 Å². The minimum atomic E-state index is -0.0520. The summed E-state index contributed by atoms with van der Waals surface area (Å²) in [4.78, 5) is 12.3. The van der Waals surface area contributed by atoms with Gasteiger partial charge in [-0.2, -0.15) is 5.10 Å². The molecule has 1 N–H and O–H groups in total. The first-order valence-electron chi connectivity index (χ1n) is 7.31. The average Bonchev–Trinajstić information content (AvgIpc) is 3.07. The Morgan fingerprint density at radius 3 is 2.52 bits per heavy atom. The Morgan fingerprint density at radius 1 is 1.04 bits per heavy atom. The highest BCUT2D eigenvalue weighted by Crippen LogP contribution is 2.13. The van der Waals surface area contributed by atoms with E-state index in [2.05, 4.69) is 39.1 Å². The van der Waals surface area contributed by atoms with E-state index in [-0.39, 0.29) is 5.91 Å². The van der Waals surface area contributed by atoms with Crippen molar-refractivity contribution in [3.05, 3.63) is 87.3 Å². The first kappa shape index (κ1) is 15.7. The number of hydrogen-bond acceptors (Lipinski definition) is 2. The fraction of sp³-hybridized carbons (Fsp3) is 0.111. The average molecular weight is 417 g/mol. The van der Waals surface area contributed by atoms with E-state index in [1.807, 2.05) is 59.4 Å². The third-order valence-corrected chi connectivity index (χ3v) is 4.51. The van der Waals surface area contributed by atoms with Gasteiger partial charge in [0.05, 0.1) is 12.1 Å². The molecular weight excluding hydrogens is 401 g/mol. The van der Waals surface area contributed by atoms with Crippen molar-refractivity contribution in [2.45, 2.75) is 13.1 Å². The summed E-state index contributed by atoms with van der Waals surface area (Å²) in [6.07, 6.45) is 3.70. The minimum Gasteiger partial charge on any atom is -0.348 e. The van der Waals surface area contributed by atoms with Gasteiger partial charge in [0.25, 0.3) is 5.91 Å². The minimum absolute atomic E-state index is 0.0520. The zero-order valence-electron chi connectivity index (χ0n) is 12.4. The van der Waals surface area contributed by atoms with E-state index in [1.54, 1.807) is 6.20 Å². The number of amides is 1. The molecule has 0 bridgehead atoms. The van der Waals surface area contributed by atoms with Crippen LogP contribution in [0.15, 0.2) is 67.0 Å². The molecular formula is C18H16IN3O. The van der Waals surface area contributed by atoms with Crippen molar-refractivity contribution in [1.82, 2.24) is 15.1 Å². The van der Waals surface area contributed by atoms with E-state index in [0.717, 1.165) is 14.7 Å². The molecule has 1 aromatic heterocycles. The van der Waals surface area contributed by atoms with E-state index in [0.29, 0.717) is 18.7 Å². The summed E-state index contributed by atoms with van der Waals surface area (Å²) in [6.45, 7) is 1.20. The molecule has 0 aliphatic carbocycles. The molecule has 0 aliphatic heterocycles. The molecule has 0 saturated heterocycles. The largest absolute Gasteiger partial charge is 0.348 e. The van der Waals surface area contributed by atoms with Crippen LogP contribution in [0.4, 0.5) is 0 Å². The van der Waals surface area contributed by atoms with Crippen LogP contribution < -0.4 is 5.32 Å². The van der Waals surface area contributed by atoms with Crippen LogP contribution >= 0.6 is 22.6 Å². The molecule has 116 valence electrons. The molecule has 0 radical (unpaired) electrons. The normalized spacial score (nSPS) is 10.5. The smallest absolute Gasteiger partial charge is 0.252 e. The highest BCUT2D eigenvalue weighted by Gasteiger charge is 2.10. The molecule has 5 heteroatoms. The maximum atomic E-state index is 12.3. The van der Waals surface area contributed by atoms with Crippen LogP contribution in [0.2, 0.25) is 0 Å². The second-order valence-corrected chi connectivity index (χ2v) is 6.30. The number of nitrogens with zero attached hydrogens (tertiary/aromatic N) is 2. The Bertz CT molecular complexity index is 800. The summed E-state index contributed by atoms with van der Waals surface area (Å²) >= 11 is 2.18. The highest BCUT2D eigenvalue weighted by molar-refractivity contribution is 14.1. The van der Waals surface area contributed by atoms with Gasteiger partial charge >= 0.3 is 0 Å². The SMILES string of the molecule is O=C(NCc1ccccc1Cn1cccn1)c1ccccc1I. The summed E-state index contributed by atoms with van der Waals surface area (Å²) in [5.74, 6) is -0.0520.